The standard InChI is InChI=1S/C14H16ClN3/c1-3-13-17-12(9-14(18-13)16-4-2)10-6-5-7-11(15)8-10/h5-9H,3-4H2,1-2H3,(H,16,17,18). The minimum Gasteiger partial charge on any atom is -0.370 e. The zero-order valence-electron chi connectivity index (χ0n) is 10.6. The molecule has 0 saturated heterocycles. The molecule has 1 N–H and O–H groups in total. The van der Waals surface area contributed by atoms with Crippen LogP contribution in [0.2, 0.25) is 5.02 Å². The smallest absolute Gasteiger partial charge is 0.131 e. The van der Waals surface area contributed by atoms with Crippen LogP contribution >= 0.6 is 11.6 Å². The average molecular weight is 262 g/mol. The van der Waals surface area contributed by atoms with E-state index < -0.39 is 0 Å². The van der Waals surface area contributed by atoms with E-state index in [4.69, 9.17) is 11.6 Å². The van der Waals surface area contributed by atoms with Crippen LogP contribution < -0.4 is 5.32 Å². The first kappa shape index (κ1) is 12.8. The van der Waals surface area contributed by atoms with E-state index in [1.54, 1.807) is 0 Å². The lowest BCUT2D eigenvalue weighted by Crippen LogP contribution is -2.04. The minimum atomic E-state index is 0.717. The lowest BCUT2D eigenvalue weighted by atomic mass is 10.1. The number of nitrogens with one attached hydrogen (secondary N) is 1. The summed E-state index contributed by atoms with van der Waals surface area (Å²) in [5, 5.41) is 3.94. The second-order valence-electron chi connectivity index (χ2n) is 3.95. The van der Waals surface area contributed by atoms with E-state index in [2.05, 4.69) is 15.3 Å². The van der Waals surface area contributed by atoms with E-state index in [9.17, 15) is 0 Å². The van der Waals surface area contributed by atoms with Gasteiger partial charge in [0.15, 0.2) is 0 Å². The summed E-state index contributed by atoms with van der Waals surface area (Å²) in [6, 6.07) is 9.66. The summed E-state index contributed by atoms with van der Waals surface area (Å²) in [7, 11) is 0. The monoisotopic (exact) mass is 261 g/mol. The average Bonchev–Trinajstić information content (AvgIpc) is 2.39. The van der Waals surface area contributed by atoms with Crippen molar-refractivity contribution in [3.63, 3.8) is 0 Å². The fourth-order valence-electron chi connectivity index (χ4n) is 1.72. The van der Waals surface area contributed by atoms with Crippen LogP contribution in [0.15, 0.2) is 30.3 Å². The quantitative estimate of drug-likeness (QED) is 0.910. The molecule has 0 spiro atoms. The second-order valence-corrected chi connectivity index (χ2v) is 4.39. The molecule has 0 aliphatic carbocycles. The number of halogens is 1. The number of aryl methyl sites for hydroxylation is 1. The molecular weight excluding hydrogens is 246 g/mol. The fourth-order valence-corrected chi connectivity index (χ4v) is 1.91. The molecule has 1 aromatic carbocycles. The fraction of sp³-hybridized carbons (Fsp3) is 0.286. The Hall–Kier alpha value is -1.61. The Morgan fingerprint density at radius 3 is 2.67 bits per heavy atom. The third-order valence-electron chi connectivity index (χ3n) is 2.57. The van der Waals surface area contributed by atoms with Gasteiger partial charge in [0.05, 0.1) is 5.69 Å². The van der Waals surface area contributed by atoms with Crippen molar-refractivity contribution in [2.45, 2.75) is 20.3 Å². The van der Waals surface area contributed by atoms with Crippen LogP contribution in [0.25, 0.3) is 11.3 Å². The number of nitrogens with zero attached hydrogens (tertiary/aromatic N) is 2. The molecule has 2 aromatic rings. The van der Waals surface area contributed by atoms with Gasteiger partial charge in [-0.1, -0.05) is 30.7 Å². The molecular formula is C14H16ClN3. The van der Waals surface area contributed by atoms with E-state index in [0.29, 0.717) is 5.02 Å². The molecule has 0 aliphatic rings. The van der Waals surface area contributed by atoms with Gasteiger partial charge in [-0.15, -0.1) is 0 Å². The van der Waals surface area contributed by atoms with E-state index >= 15 is 0 Å². The van der Waals surface area contributed by atoms with Gasteiger partial charge >= 0.3 is 0 Å². The first-order valence-corrected chi connectivity index (χ1v) is 6.48. The normalized spacial score (nSPS) is 10.4. The summed E-state index contributed by atoms with van der Waals surface area (Å²) in [6.45, 7) is 4.94. The van der Waals surface area contributed by atoms with Gasteiger partial charge in [0, 0.05) is 29.6 Å². The van der Waals surface area contributed by atoms with Crippen LogP contribution in [-0.4, -0.2) is 16.5 Å². The maximum absolute atomic E-state index is 6.01. The largest absolute Gasteiger partial charge is 0.370 e. The number of benzene rings is 1. The third kappa shape index (κ3) is 2.99. The molecule has 1 aromatic heterocycles. The Bertz CT molecular complexity index is 540. The Labute approximate surface area is 112 Å². The van der Waals surface area contributed by atoms with E-state index in [1.165, 1.54) is 0 Å². The molecule has 0 fully saturated rings. The summed E-state index contributed by atoms with van der Waals surface area (Å²) in [5.74, 6) is 1.70. The highest BCUT2D eigenvalue weighted by Gasteiger charge is 2.05. The van der Waals surface area contributed by atoms with Crippen LogP contribution in [0.1, 0.15) is 19.7 Å². The lowest BCUT2D eigenvalue weighted by Gasteiger charge is -2.08. The van der Waals surface area contributed by atoms with Crippen LogP contribution in [0.3, 0.4) is 0 Å². The maximum Gasteiger partial charge on any atom is 0.131 e. The van der Waals surface area contributed by atoms with Crippen molar-refractivity contribution in [3.05, 3.63) is 41.2 Å². The number of aromatic nitrogens is 2. The summed E-state index contributed by atoms with van der Waals surface area (Å²) >= 11 is 6.01. The number of hydrogen-bond acceptors (Lipinski definition) is 3. The van der Waals surface area contributed by atoms with Gasteiger partial charge in [-0.05, 0) is 19.1 Å². The van der Waals surface area contributed by atoms with Gasteiger partial charge in [-0.2, -0.15) is 0 Å². The maximum atomic E-state index is 6.01. The molecule has 0 amide bonds. The zero-order valence-corrected chi connectivity index (χ0v) is 11.3. The highest BCUT2D eigenvalue weighted by atomic mass is 35.5. The Kier molecular flexibility index (Phi) is 4.15. The Morgan fingerprint density at radius 1 is 1.17 bits per heavy atom. The van der Waals surface area contributed by atoms with Gasteiger partial charge in [0.25, 0.3) is 0 Å². The zero-order chi connectivity index (χ0) is 13.0. The minimum absolute atomic E-state index is 0.717. The molecule has 0 saturated carbocycles. The van der Waals surface area contributed by atoms with Gasteiger partial charge in [-0.25, -0.2) is 9.97 Å². The SMILES string of the molecule is CCNc1cc(-c2cccc(Cl)c2)nc(CC)n1. The van der Waals surface area contributed by atoms with E-state index in [-0.39, 0.29) is 0 Å². The number of rotatable bonds is 4. The van der Waals surface area contributed by atoms with Crippen molar-refractivity contribution in [1.29, 1.82) is 0 Å². The molecule has 0 bridgehead atoms. The molecule has 4 heteroatoms. The first-order valence-electron chi connectivity index (χ1n) is 6.10. The summed E-state index contributed by atoms with van der Waals surface area (Å²) in [5.41, 5.74) is 1.92. The van der Waals surface area contributed by atoms with Gasteiger partial charge in [0.2, 0.25) is 0 Å². The molecule has 0 aliphatic heterocycles. The van der Waals surface area contributed by atoms with Crippen molar-refractivity contribution >= 4 is 17.4 Å². The summed E-state index contributed by atoms with van der Waals surface area (Å²) < 4.78 is 0. The van der Waals surface area contributed by atoms with Crippen molar-refractivity contribution < 1.29 is 0 Å². The summed E-state index contributed by atoms with van der Waals surface area (Å²) in [4.78, 5) is 8.97. The molecule has 3 nitrogen and oxygen atoms in total. The van der Waals surface area contributed by atoms with E-state index in [1.807, 2.05) is 44.2 Å². The van der Waals surface area contributed by atoms with Crippen molar-refractivity contribution in [2.24, 2.45) is 0 Å². The van der Waals surface area contributed by atoms with Crippen LogP contribution in [0.5, 0.6) is 0 Å². The summed E-state index contributed by atoms with van der Waals surface area (Å²) in [6.07, 6.45) is 0.812. The molecule has 1 heterocycles. The predicted octanol–water partition coefficient (Wildman–Crippen LogP) is 3.79. The third-order valence-corrected chi connectivity index (χ3v) is 2.80. The molecule has 0 radical (unpaired) electrons. The topological polar surface area (TPSA) is 37.8 Å². The van der Waals surface area contributed by atoms with Crippen molar-refractivity contribution in [2.75, 3.05) is 11.9 Å². The molecule has 2 rings (SSSR count). The Balaban J connectivity index is 2.46. The van der Waals surface area contributed by atoms with Crippen LogP contribution in [-0.2, 0) is 6.42 Å². The molecule has 94 valence electrons. The van der Waals surface area contributed by atoms with Crippen LogP contribution in [0, 0.1) is 0 Å². The second kappa shape index (κ2) is 5.83. The van der Waals surface area contributed by atoms with Gasteiger partial charge < -0.3 is 5.32 Å². The van der Waals surface area contributed by atoms with Gasteiger partial charge in [-0.3, -0.25) is 0 Å². The van der Waals surface area contributed by atoms with Gasteiger partial charge in [0.1, 0.15) is 11.6 Å². The van der Waals surface area contributed by atoms with Crippen molar-refractivity contribution in [3.8, 4) is 11.3 Å². The lowest BCUT2D eigenvalue weighted by molar-refractivity contribution is 0.939. The van der Waals surface area contributed by atoms with Crippen LogP contribution in [0.4, 0.5) is 5.82 Å². The molecule has 0 atom stereocenters. The highest BCUT2D eigenvalue weighted by Crippen LogP contribution is 2.23. The number of hydrogen-bond donors (Lipinski definition) is 1. The number of anilines is 1. The highest BCUT2D eigenvalue weighted by molar-refractivity contribution is 6.30. The van der Waals surface area contributed by atoms with E-state index in [0.717, 1.165) is 35.9 Å². The predicted molar refractivity (Wildman–Crippen MR) is 76.0 cm³/mol. The first-order chi connectivity index (χ1) is 8.72. The van der Waals surface area contributed by atoms with Crippen molar-refractivity contribution in [1.82, 2.24) is 9.97 Å². The Morgan fingerprint density at radius 2 is 2.00 bits per heavy atom. The molecule has 18 heavy (non-hydrogen) atoms. The molecule has 0 unspecified atom stereocenters.